The molecule has 464 valence electrons. The van der Waals surface area contributed by atoms with Gasteiger partial charge < -0.3 is 14.2 Å². The molecule has 0 aliphatic carbocycles. The van der Waals surface area contributed by atoms with Crippen molar-refractivity contribution in [2.45, 2.75) is 399 Å². The molecule has 0 aliphatic heterocycles. The molecule has 0 saturated heterocycles. The summed E-state index contributed by atoms with van der Waals surface area (Å²) in [7, 11) is 0. The Morgan fingerprint density at radius 3 is 0.709 bits per heavy atom. The molecule has 79 heavy (non-hydrogen) atoms. The van der Waals surface area contributed by atoms with Crippen LogP contribution < -0.4 is 0 Å². The zero-order valence-corrected chi connectivity index (χ0v) is 53.4. The number of allylic oxidation sites excluding steroid dienone is 6. The molecule has 0 rings (SSSR count). The van der Waals surface area contributed by atoms with Gasteiger partial charge in [0.2, 0.25) is 0 Å². The number of carbonyl (C=O) groups is 3. The molecule has 0 spiro atoms. The molecular weight excluding hydrogens is 973 g/mol. The maximum atomic E-state index is 12.9. The zero-order valence-electron chi connectivity index (χ0n) is 53.4. The Morgan fingerprint density at radius 1 is 0.253 bits per heavy atom. The molecule has 1 unspecified atom stereocenters. The minimum Gasteiger partial charge on any atom is -0.462 e. The lowest BCUT2D eigenvalue weighted by molar-refractivity contribution is -0.167. The molecule has 0 aromatic heterocycles. The topological polar surface area (TPSA) is 78.9 Å². The minimum absolute atomic E-state index is 0.0674. The predicted molar refractivity (Wildman–Crippen MR) is 344 cm³/mol. The summed E-state index contributed by atoms with van der Waals surface area (Å²) in [6.07, 6.45) is 84.6. The van der Waals surface area contributed by atoms with Gasteiger partial charge in [-0.25, -0.2) is 0 Å². The Morgan fingerprint density at radius 2 is 0.456 bits per heavy atom. The van der Waals surface area contributed by atoms with E-state index in [-0.39, 0.29) is 31.1 Å². The van der Waals surface area contributed by atoms with E-state index in [4.69, 9.17) is 14.2 Å². The standard InChI is InChI=1S/C73H136O6/c1-4-7-10-13-16-19-22-24-26-28-30-32-34-36-38-40-42-44-46-48-51-54-57-60-63-66-72(75)78-69-70(68-77-71(74)65-62-59-56-53-50-21-18-15-12-9-6-3)79-73(76)67-64-61-58-55-52-49-47-45-43-41-39-37-35-33-31-29-27-25-23-20-17-14-11-8-5-2/h22,24,28,30,34,36,70H,4-21,23,25-27,29,31-33,35,37-69H2,1-3H3/b24-22-,30-28-,36-34-. The van der Waals surface area contributed by atoms with Crippen LogP contribution in [0.25, 0.3) is 0 Å². The van der Waals surface area contributed by atoms with Crippen molar-refractivity contribution in [1.82, 2.24) is 0 Å². The molecule has 1 atom stereocenters. The van der Waals surface area contributed by atoms with E-state index in [1.54, 1.807) is 0 Å². The molecule has 0 aromatic carbocycles. The molecule has 0 heterocycles. The van der Waals surface area contributed by atoms with Crippen LogP contribution in [0.3, 0.4) is 0 Å². The third kappa shape index (κ3) is 66.3. The summed E-state index contributed by atoms with van der Waals surface area (Å²) in [5.74, 6) is -0.843. The summed E-state index contributed by atoms with van der Waals surface area (Å²) in [6.45, 7) is 6.69. The fraction of sp³-hybridized carbons (Fsp3) is 0.877. The second kappa shape index (κ2) is 68.1. The van der Waals surface area contributed by atoms with Crippen LogP contribution in [0.2, 0.25) is 0 Å². The largest absolute Gasteiger partial charge is 0.462 e. The van der Waals surface area contributed by atoms with Crippen LogP contribution in [0.4, 0.5) is 0 Å². The first-order valence-corrected chi connectivity index (χ1v) is 35.5. The summed E-state index contributed by atoms with van der Waals surface area (Å²) in [5.41, 5.74) is 0. The van der Waals surface area contributed by atoms with E-state index in [0.717, 1.165) is 70.6 Å². The molecule has 0 fully saturated rings. The number of hydrogen-bond donors (Lipinski definition) is 0. The molecule has 0 aromatic rings. The van der Waals surface area contributed by atoms with Gasteiger partial charge in [0.1, 0.15) is 13.2 Å². The summed E-state index contributed by atoms with van der Waals surface area (Å²) >= 11 is 0. The molecule has 6 heteroatoms. The van der Waals surface area contributed by atoms with Crippen LogP contribution in [-0.2, 0) is 28.6 Å². The first kappa shape index (κ1) is 76.6. The Labute approximate surface area is 493 Å². The minimum atomic E-state index is -0.770. The van der Waals surface area contributed by atoms with Gasteiger partial charge in [0, 0.05) is 19.3 Å². The van der Waals surface area contributed by atoms with Crippen molar-refractivity contribution in [2.24, 2.45) is 0 Å². The molecule has 0 amide bonds. The van der Waals surface area contributed by atoms with Gasteiger partial charge in [-0.1, -0.05) is 353 Å². The van der Waals surface area contributed by atoms with Gasteiger partial charge in [0.25, 0.3) is 0 Å². The lowest BCUT2D eigenvalue weighted by Gasteiger charge is -2.18. The van der Waals surface area contributed by atoms with E-state index in [1.807, 2.05) is 0 Å². The Kier molecular flexibility index (Phi) is 66.1. The van der Waals surface area contributed by atoms with Crippen LogP contribution >= 0.6 is 0 Å². The van der Waals surface area contributed by atoms with Crippen molar-refractivity contribution in [3.8, 4) is 0 Å². The third-order valence-electron chi connectivity index (χ3n) is 16.1. The third-order valence-corrected chi connectivity index (χ3v) is 16.1. The fourth-order valence-electron chi connectivity index (χ4n) is 10.8. The number of unbranched alkanes of at least 4 members (excludes halogenated alkanes) is 49. The van der Waals surface area contributed by atoms with Crippen LogP contribution in [-0.4, -0.2) is 37.2 Å². The quantitative estimate of drug-likeness (QED) is 0.0261. The van der Waals surface area contributed by atoms with Crippen molar-refractivity contribution >= 4 is 17.9 Å². The highest BCUT2D eigenvalue weighted by atomic mass is 16.6. The van der Waals surface area contributed by atoms with E-state index in [2.05, 4.69) is 57.2 Å². The monoisotopic (exact) mass is 1110 g/mol. The van der Waals surface area contributed by atoms with Gasteiger partial charge in [0.05, 0.1) is 0 Å². The van der Waals surface area contributed by atoms with Crippen molar-refractivity contribution in [2.75, 3.05) is 13.2 Å². The Hall–Kier alpha value is -2.37. The van der Waals surface area contributed by atoms with E-state index in [1.165, 1.54) is 283 Å². The first-order chi connectivity index (χ1) is 39.0. The second-order valence-electron chi connectivity index (χ2n) is 24.2. The van der Waals surface area contributed by atoms with Gasteiger partial charge in [-0.15, -0.1) is 0 Å². The van der Waals surface area contributed by atoms with Gasteiger partial charge in [-0.05, 0) is 57.8 Å². The number of hydrogen-bond acceptors (Lipinski definition) is 6. The predicted octanol–water partition coefficient (Wildman–Crippen LogP) is 24.3. The number of esters is 3. The highest BCUT2D eigenvalue weighted by molar-refractivity contribution is 5.71. The maximum Gasteiger partial charge on any atom is 0.306 e. The summed E-state index contributed by atoms with van der Waals surface area (Å²) in [5, 5.41) is 0. The lowest BCUT2D eigenvalue weighted by atomic mass is 10.0. The summed E-state index contributed by atoms with van der Waals surface area (Å²) in [4.78, 5) is 38.4. The van der Waals surface area contributed by atoms with Crippen LogP contribution in [0, 0.1) is 0 Å². The fourth-order valence-corrected chi connectivity index (χ4v) is 10.8. The van der Waals surface area contributed by atoms with Crippen molar-refractivity contribution in [3.63, 3.8) is 0 Å². The molecule has 0 N–H and O–H groups in total. The van der Waals surface area contributed by atoms with E-state index in [0.29, 0.717) is 19.3 Å². The van der Waals surface area contributed by atoms with Crippen LogP contribution in [0.5, 0.6) is 0 Å². The molecule has 0 aliphatic rings. The average Bonchev–Trinajstić information content (AvgIpc) is 3.45. The molecule has 6 nitrogen and oxygen atoms in total. The van der Waals surface area contributed by atoms with Crippen molar-refractivity contribution in [3.05, 3.63) is 36.5 Å². The van der Waals surface area contributed by atoms with Crippen LogP contribution in [0.1, 0.15) is 393 Å². The second-order valence-corrected chi connectivity index (χ2v) is 24.2. The van der Waals surface area contributed by atoms with E-state index < -0.39 is 6.10 Å². The van der Waals surface area contributed by atoms with Crippen molar-refractivity contribution < 1.29 is 28.6 Å². The number of rotatable bonds is 66. The highest BCUT2D eigenvalue weighted by Gasteiger charge is 2.19. The van der Waals surface area contributed by atoms with Gasteiger partial charge in [-0.2, -0.15) is 0 Å². The molecule has 0 saturated carbocycles. The Bertz CT molecular complexity index is 1320. The molecule has 0 bridgehead atoms. The number of ether oxygens (including phenoxy) is 3. The van der Waals surface area contributed by atoms with Gasteiger partial charge >= 0.3 is 17.9 Å². The zero-order chi connectivity index (χ0) is 57.1. The maximum absolute atomic E-state index is 12.9. The van der Waals surface area contributed by atoms with Crippen LogP contribution in [0.15, 0.2) is 36.5 Å². The van der Waals surface area contributed by atoms with E-state index >= 15 is 0 Å². The Balaban J connectivity index is 4.19. The van der Waals surface area contributed by atoms with Gasteiger partial charge in [-0.3, -0.25) is 14.4 Å². The normalized spacial score (nSPS) is 12.2. The van der Waals surface area contributed by atoms with E-state index in [9.17, 15) is 14.4 Å². The first-order valence-electron chi connectivity index (χ1n) is 35.5. The lowest BCUT2D eigenvalue weighted by Crippen LogP contribution is -2.30. The average molecular weight is 1110 g/mol. The highest BCUT2D eigenvalue weighted by Crippen LogP contribution is 2.19. The van der Waals surface area contributed by atoms with Crippen molar-refractivity contribution in [1.29, 1.82) is 0 Å². The molecule has 0 radical (unpaired) electrons. The SMILES string of the molecule is CCCCCCC/C=C\C/C=C\C/C=C\CCCCCCCCCCCCC(=O)OCC(COC(=O)CCCCCCCCCCCCC)OC(=O)CCCCCCCCCCCCCCCCCCCCCCCCCCC. The smallest absolute Gasteiger partial charge is 0.306 e. The molecular formula is C73H136O6. The number of carbonyl (C=O) groups excluding carboxylic acids is 3. The summed E-state index contributed by atoms with van der Waals surface area (Å²) < 4.78 is 17.0. The van der Waals surface area contributed by atoms with Gasteiger partial charge in [0.15, 0.2) is 6.10 Å². The summed E-state index contributed by atoms with van der Waals surface area (Å²) in [6, 6.07) is 0.